The van der Waals surface area contributed by atoms with Gasteiger partial charge in [0.15, 0.2) is 5.60 Å². The number of carbonyl (C=O) groups excluding carboxylic acids is 1. The monoisotopic (exact) mass is 623 g/mol. The third-order valence-corrected chi connectivity index (χ3v) is 9.13. The van der Waals surface area contributed by atoms with Crippen molar-refractivity contribution in [2.45, 2.75) is 74.3 Å². The van der Waals surface area contributed by atoms with Crippen LogP contribution in [0.4, 0.5) is 17.6 Å². The minimum atomic E-state index is -5.27. The number of methoxy groups -OCH3 is 1. The van der Waals surface area contributed by atoms with Crippen LogP contribution >= 0.6 is 0 Å². The lowest BCUT2D eigenvalue weighted by Crippen LogP contribution is -2.51. The number of nitrogens with one attached hydrogen (secondary N) is 1. The molecule has 0 radical (unpaired) electrons. The second-order valence-electron chi connectivity index (χ2n) is 11.5. The maximum Gasteiger partial charge on any atom is 0.417 e. The predicted octanol–water partition coefficient (Wildman–Crippen LogP) is 5.68. The van der Waals surface area contributed by atoms with Crippen molar-refractivity contribution in [3.63, 3.8) is 0 Å². The van der Waals surface area contributed by atoms with Gasteiger partial charge >= 0.3 is 12.1 Å². The molecule has 0 saturated heterocycles. The molecule has 232 valence electrons. The van der Waals surface area contributed by atoms with Crippen LogP contribution in [0.5, 0.6) is 5.75 Å². The van der Waals surface area contributed by atoms with Gasteiger partial charge in [-0.1, -0.05) is 55.8 Å². The third kappa shape index (κ3) is 7.02. The maximum atomic E-state index is 14.4. The molecule has 0 aliphatic heterocycles. The Morgan fingerprint density at radius 1 is 1.05 bits per heavy atom. The fourth-order valence-electron chi connectivity index (χ4n) is 5.51. The van der Waals surface area contributed by atoms with E-state index in [9.17, 15) is 35.9 Å². The summed E-state index contributed by atoms with van der Waals surface area (Å²) in [5.74, 6) is -1.97. The van der Waals surface area contributed by atoms with Gasteiger partial charge in [0, 0.05) is 12.0 Å². The number of hydrogen-bond donors (Lipinski definition) is 2. The Bertz CT molecular complexity index is 1590. The number of esters is 1. The summed E-state index contributed by atoms with van der Waals surface area (Å²) in [6, 6.07) is 15.1. The van der Waals surface area contributed by atoms with E-state index in [1.54, 1.807) is 43.3 Å². The molecule has 1 aliphatic carbocycles. The lowest BCUT2D eigenvalue weighted by molar-refractivity contribution is -0.270. The van der Waals surface area contributed by atoms with Crippen LogP contribution in [0.2, 0.25) is 0 Å². The topological polar surface area (TPSA) is 102 Å². The van der Waals surface area contributed by atoms with Crippen molar-refractivity contribution in [1.29, 1.82) is 0 Å². The van der Waals surface area contributed by atoms with Crippen molar-refractivity contribution >= 4 is 16.0 Å². The fourth-order valence-corrected chi connectivity index (χ4v) is 6.75. The molecule has 0 spiro atoms. The van der Waals surface area contributed by atoms with Gasteiger partial charge in [-0.25, -0.2) is 12.8 Å². The van der Waals surface area contributed by atoms with Gasteiger partial charge in [-0.3, -0.25) is 4.79 Å². The van der Waals surface area contributed by atoms with Crippen LogP contribution in [0.3, 0.4) is 0 Å². The molecular weight excluding hydrogens is 590 g/mol. The summed E-state index contributed by atoms with van der Waals surface area (Å²) in [6.07, 6.45) is -8.90. The van der Waals surface area contributed by atoms with Crippen molar-refractivity contribution in [3.05, 3.63) is 94.8 Å². The molecule has 1 aliphatic rings. The van der Waals surface area contributed by atoms with Gasteiger partial charge in [0.2, 0.25) is 10.0 Å². The summed E-state index contributed by atoms with van der Waals surface area (Å²) in [6.45, 7) is 4.54. The SMILES string of the molecule is COc1ccc(F)cc1C(C)(C)C[C@@](O)(CC(=O)O[C@@H]1Cc2ccccc2[C@@H]1NS(=O)(=O)c1ccc(C)cc1)C(F)(F)F. The van der Waals surface area contributed by atoms with Crippen molar-refractivity contribution in [2.75, 3.05) is 7.11 Å². The normalized spacial score (nSPS) is 18.5. The highest BCUT2D eigenvalue weighted by Gasteiger charge is 2.58. The van der Waals surface area contributed by atoms with Crippen molar-refractivity contribution in [3.8, 4) is 5.75 Å². The second kappa shape index (κ2) is 11.9. The number of halogens is 4. The fraction of sp³-hybridized carbons (Fsp3) is 0.387. The average Bonchev–Trinajstić information content (AvgIpc) is 3.23. The molecule has 3 aromatic carbocycles. The van der Waals surface area contributed by atoms with Gasteiger partial charge in [-0.2, -0.15) is 17.9 Å². The van der Waals surface area contributed by atoms with Gasteiger partial charge in [0.1, 0.15) is 17.7 Å². The van der Waals surface area contributed by atoms with Gasteiger partial charge in [0.25, 0.3) is 0 Å². The Labute approximate surface area is 247 Å². The molecule has 0 fully saturated rings. The molecule has 43 heavy (non-hydrogen) atoms. The van der Waals surface area contributed by atoms with Crippen LogP contribution in [-0.4, -0.2) is 44.5 Å². The third-order valence-electron chi connectivity index (χ3n) is 7.67. The summed E-state index contributed by atoms with van der Waals surface area (Å²) >= 11 is 0. The molecule has 0 unspecified atom stereocenters. The quantitative estimate of drug-likeness (QED) is 0.223. The molecular formula is C31H33F4NO6S. The summed E-state index contributed by atoms with van der Waals surface area (Å²) in [4.78, 5) is 13.1. The number of benzene rings is 3. The van der Waals surface area contributed by atoms with Crippen molar-refractivity contribution in [2.24, 2.45) is 0 Å². The first-order chi connectivity index (χ1) is 20.0. The summed E-state index contributed by atoms with van der Waals surface area (Å²) in [7, 11) is -2.83. The second-order valence-corrected chi connectivity index (χ2v) is 13.2. The Hall–Kier alpha value is -3.48. The molecule has 3 aromatic rings. The largest absolute Gasteiger partial charge is 0.496 e. The van der Waals surface area contributed by atoms with E-state index in [1.807, 2.05) is 0 Å². The van der Waals surface area contributed by atoms with E-state index < -0.39 is 64.0 Å². The average molecular weight is 624 g/mol. The Morgan fingerprint density at radius 2 is 1.70 bits per heavy atom. The number of rotatable bonds is 10. The van der Waals surface area contributed by atoms with Crippen LogP contribution in [0, 0.1) is 12.7 Å². The zero-order chi connectivity index (χ0) is 31.8. The lowest BCUT2D eigenvalue weighted by atomic mass is 9.73. The molecule has 12 heteroatoms. The van der Waals surface area contributed by atoms with Crippen LogP contribution in [0.1, 0.15) is 55.0 Å². The van der Waals surface area contributed by atoms with Gasteiger partial charge < -0.3 is 14.6 Å². The predicted molar refractivity (Wildman–Crippen MR) is 150 cm³/mol. The minimum absolute atomic E-state index is 0.0333. The smallest absolute Gasteiger partial charge is 0.417 e. The van der Waals surface area contributed by atoms with Gasteiger partial charge in [-0.15, -0.1) is 0 Å². The van der Waals surface area contributed by atoms with Gasteiger partial charge in [-0.05, 0) is 60.2 Å². The number of sulfonamides is 1. The number of fused-ring (bicyclic) bond motifs is 1. The maximum absolute atomic E-state index is 14.4. The molecule has 0 heterocycles. The van der Waals surface area contributed by atoms with E-state index in [4.69, 9.17) is 9.47 Å². The molecule has 0 amide bonds. The Kier molecular flexibility index (Phi) is 8.97. The number of hydrogen-bond acceptors (Lipinski definition) is 6. The van der Waals surface area contributed by atoms with E-state index in [2.05, 4.69) is 4.72 Å². The van der Waals surface area contributed by atoms with E-state index in [0.717, 1.165) is 17.7 Å². The van der Waals surface area contributed by atoms with Crippen molar-refractivity contribution in [1.82, 2.24) is 4.72 Å². The lowest BCUT2D eigenvalue weighted by Gasteiger charge is -2.38. The molecule has 2 N–H and O–H groups in total. The molecule has 7 nitrogen and oxygen atoms in total. The molecule has 3 atom stereocenters. The summed E-state index contributed by atoms with van der Waals surface area (Å²) in [5.41, 5.74) is -2.99. The molecule has 0 bridgehead atoms. The summed E-state index contributed by atoms with van der Waals surface area (Å²) in [5, 5.41) is 10.9. The molecule has 4 rings (SSSR count). The first kappa shape index (κ1) is 32.4. The minimum Gasteiger partial charge on any atom is -0.496 e. The number of aryl methyl sites for hydroxylation is 1. The molecule has 0 aromatic heterocycles. The van der Waals surface area contributed by atoms with Crippen LogP contribution in [-0.2, 0) is 31.4 Å². The first-order valence-corrected chi connectivity index (χ1v) is 14.9. The Balaban J connectivity index is 1.59. The number of alkyl halides is 3. The number of aliphatic hydroxyl groups is 1. The van der Waals surface area contributed by atoms with Crippen molar-refractivity contribution < 1.29 is 45.4 Å². The van der Waals surface area contributed by atoms with E-state index in [0.29, 0.717) is 11.1 Å². The van der Waals surface area contributed by atoms with E-state index >= 15 is 0 Å². The highest BCUT2D eigenvalue weighted by Crippen LogP contribution is 2.46. The van der Waals surface area contributed by atoms with E-state index in [1.165, 1.54) is 39.2 Å². The zero-order valence-corrected chi connectivity index (χ0v) is 24.9. The van der Waals surface area contributed by atoms with Crippen LogP contribution in [0.25, 0.3) is 0 Å². The molecule has 0 saturated carbocycles. The summed E-state index contributed by atoms with van der Waals surface area (Å²) < 4.78 is 96.7. The first-order valence-electron chi connectivity index (χ1n) is 13.5. The Morgan fingerprint density at radius 3 is 2.33 bits per heavy atom. The van der Waals surface area contributed by atoms with E-state index in [-0.39, 0.29) is 22.6 Å². The number of carbonyl (C=O) groups is 1. The van der Waals surface area contributed by atoms with Crippen LogP contribution < -0.4 is 9.46 Å². The van der Waals surface area contributed by atoms with Gasteiger partial charge in [0.05, 0.1) is 24.5 Å². The van der Waals surface area contributed by atoms with Crippen LogP contribution in [0.15, 0.2) is 71.6 Å². The standard InChI is InChI=1S/C31H33F4NO6S/c1-19-9-12-22(13-10-19)43(39,40)36-28-23-8-6-5-7-20(23)15-26(28)42-27(37)17-30(38,31(33,34)35)18-29(2,3)24-16-21(32)11-14-25(24)41-4/h5-14,16,26,28,36,38H,15,17-18H2,1-4H3/t26-,28+,30+/m1/s1. The highest BCUT2D eigenvalue weighted by molar-refractivity contribution is 7.89. The number of ether oxygens (including phenoxy) is 2. The highest BCUT2D eigenvalue weighted by atomic mass is 32.2. The zero-order valence-electron chi connectivity index (χ0n) is 24.0.